The normalized spacial score (nSPS) is 10.6. The molecule has 0 aliphatic rings. The van der Waals surface area contributed by atoms with E-state index in [4.69, 9.17) is 0 Å². The number of hydrogen-bond donors (Lipinski definition) is 1. The maximum absolute atomic E-state index is 11.1. The van der Waals surface area contributed by atoms with Gasteiger partial charge in [-0.15, -0.1) is 0 Å². The lowest BCUT2D eigenvalue weighted by Crippen LogP contribution is -1.95. The van der Waals surface area contributed by atoms with Gasteiger partial charge >= 0.3 is 0 Å². The van der Waals surface area contributed by atoms with E-state index < -0.39 is 0 Å². The van der Waals surface area contributed by atoms with Crippen molar-refractivity contribution in [2.75, 3.05) is 0 Å². The summed E-state index contributed by atoms with van der Waals surface area (Å²) >= 11 is 0. The minimum absolute atomic E-state index is 0.0380. The molecule has 1 N–H and O–H groups in total. The molecule has 0 radical (unpaired) electrons. The number of Topliss-reactive ketones (excluding diaryl/α,β-unsaturated/α-hetero) is 1. The minimum Gasteiger partial charge on any atom is -0.507 e. The molecule has 13 heavy (non-hydrogen) atoms. The highest BCUT2D eigenvalue weighted by Gasteiger charge is 2.07. The monoisotopic (exact) mass is 176 g/mol. The number of aromatic hydroxyl groups is 1. The van der Waals surface area contributed by atoms with Crippen LogP contribution in [0.2, 0.25) is 0 Å². The summed E-state index contributed by atoms with van der Waals surface area (Å²) in [5, 5.41) is 9.47. The predicted octanol–water partition coefficient (Wildman–Crippen LogP) is 2.63. The summed E-state index contributed by atoms with van der Waals surface area (Å²) in [7, 11) is 0. The van der Waals surface area contributed by atoms with Gasteiger partial charge in [-0.3, -0.25) is 4.79 Å². The van der Waals surface area contributed by atoms with Crippen LogP contribution in [0.25, 0.3) is 6.08 Å². The maximum Gasteiger partial charge on any atom is 0.160 e. The Hall–Kier alpha value is -1.57. The smallest absolute Gasteiger partial charge is 0.160 e. The summed E-state index contributed by atoms with van der Waals surface area (Å²) in [5.74, 6) is 0.106. The summed E-state index contributed by atoms with van der Waals surface area (Å²) in [5.41, 5.74) is 1.15. The molecule has 2 heteroatoms. The zero-order chi connectivity index (χ0) is 9.84. The van der Waals surface area contributed by atoms with Crippen molar-refractivity contribution >= 4 is 11.9 Å². The van der Waals surface area contributed by atoms with Crippen LogP contribution in [-0.2, 0) is 0 Å². The first-order chi connectivity index (χ1) is 6.16. The quantitative estimate of drug-likeness (QED) is 0.703. The number of phenols is 1. The molecule has 0 spiro atoms. The SMILES string of the molecule is C/C=C\c1c(O)cccc1C(C)=O. The number of ketones is 1. The standard InChI is InChI=1S/C11H12O2/c1-3-5-10-9(8(2)12)6-4-7-11(10)13/h3-7,13H,1-2H3/b5-3-. The number of phenolic OH excluding ortho intramolecular Hbond substituents is 1. The first kappa shape index (κ1) is 9.52. The van der Waals surface area contributed by atoms with Crippen LogP contribution in [-0.4, -0.2) is 10.9 Å². The van der Waals surface area contributed by atoms with Gasteiger partial charge in [0.2, 0.25) is 0 Å². The molecule has 0 atom stereocenters. The predicted molar refractivity (Wildman–Crippen MR) is 52.8 cm³/mol. The third-order valence-electron chi connectivity index (χ3n) is 1.80. The van der Waals surface area contributed by atoms with Gasteiger partial charge in [0, 0.05) is 11.1 Å². The number of rotatable bonds is 2. The van der Waals surface area contributed by atoms with Crippen molar-refractivity contribution in [3.05, 3.63) is 35.4 Å². The zero-order valence-corrected chi connectivity index (χ0v) is 7.74. The van der Waals surface area contributed by atoms with Gasteiger partial charge in [-0.05, 0) is 19.9 Å². The fourth-order valence-corrected chi connectivity index (χ4v) is 1.20. The Morgan fingerprint density at radius 1 is 1.46 bits per heavy atom. The van der Waals surface area contributed by atoms with E-state index in [2.05, 4.69) is 0 Å². The molecule has 0 amide bonds. The lowest BCUT2D eigenvalue weighted by Gasteiger charge is -2.03. The number of benzene rings is 1. The lowest BCUT2D eigenvalue weighted by atomic mass is 10.0. The molecule has 1 aromatic rings. The van der Waals surface area contributed by atoms with E-state index in [1.54, 1.807) is 30.4 Å². The number of allylic oxidation sites excluding steroid dienone is 1. The summed E-state index contributed by atoms with van der Waals surface area (Å²) in [6, 6.07) is 4.94. The van der Waals surface area contributed by atoms with Crippen LogP contribution in [0.3, 0.4) is 0 Å². The van der Waals surface area contributed by atoms with Crippen molar-refractivity contribution in [3.63, 3.8) is 0 Å². The highest BCUT2D eigenvalue weighted by molar-refractivity contribution is 5.98. The Bertz CT molecular complexity index is 351. The molecule has 1 aromatic carbocycles. The highest BCUT2D eigenvalue weighted by Crippen LogP contribution is 2.22. The van der Waals surface area contributed by atoms with Crippen LogP contribution >= 0.6 is 0 Å². The van der Waals surface area contributed by atoms with E-state index in [0.29, 0.717) is 11.1 Å². The third kappa shape index (κ3) is 1.96. The molecule has 0 fully saturated rings. The molecule has 0 saturated heterocycles. The Kier molecular flexibility index (Phi) is 2.85. The van der Waals surface area contributed by atoms with Crippen LogP contribution in [0.1, 0.15) is 29.8 Å². The molecule has 0 saturated carbocycles. The molecule has 0 aromatic heterocycles. The second-order valence-corrected chi connectivity index (χ2v) is 2.79. The van der Waals surface area contributed by atoms with E-state index >= 15 is 0 Å². The average molecular weight is 176 g/mol. The maximum atomic E-state index is 11.1. The van der Waals surface area contributed by atoms with Crippen LogP contribution in [0.5, 0.6) is 5.75 Å². The van der Waals surface area contributed by atoms with Crippen LogP contribution in [0.15, 0.2) is 24.3 Å². The number of carbonyl (C=O) groups is 1. The Morgan fingerprint density at radius 3 is 2.69 bits per heavy atom. The Labute approximate surface area is 77.5 Å². The topological polar surface area (TPSA) is 37.3 Å². The van der Waals surface area contributed by atoms with Crippen LogP contribution < -0.4 is 0 Å². The molecular formula is C11H12O2. The van der Waals surface area contributed by atoms with Gasteiger partial charge in [-0.2, -0.15) is 0 Å². The van der Waals surface area contributed by atoms with Crippen molar-refractivity contribution in [3.8, 4) is 5.75 Å². The summed E-state index contributed by atoms with van der Waals surface area (Å²) in [6.45, 7) is 3.33. The molecule has 0 aliphatic carbocycles. The molecular weight excluding hydrogens is 164 g/mol. The van der Waals surface area contributed by atoms with Crippen molar-refractivity contribution < 1.29 is 9.90 Å². The van der Waals surface area contributed by atoms with Gasteiger partial charge in [0.25, 0.3) is 0 Å². The molecule has 0 heterocycles. The van der Waals surface area contributed by atoms with Gasteiger partial charge < -0.3 is 5.11 Å². The van der Waals surface area contributed by atoms with Crippen LogP contribution in [0.4, 0.5) is 0 Å². The molecule has 0 aliphatic heterocycles. The van der Waals surface area contributed by atoms with E-state index in [1.807, 2.05) is 6.92 Å². The summed E-state index contributed by atoms with van der Waals surface area (Å²) in [4.78, 5) is 11.1. The molecule has 68 valence electrons. The number of carbonyl (C=O) groups excluding carboxylic acids is 1. The van der Waals surface area contributed by atoms with Crippen molar-refractivity contribution in [2.45, 2.75) is 13.8 Å². The largest absolute Gasteiger partial charge is 0.507 e. The highest BCUT2D eigenvalue weighted by atomic mass is 16.3. The fraction of sp³-hybridized carbons (Fsp3) is 0.182. The number of hydrogen-bond acceptors (Lipinski definition) is 2. The van der Waals surface area contributed by atoms with E-state index in [9.17, 15) is 9.90 Å². The summed E-state index contributed by atoms with van der Waals surface area (Å²) < 4.78 is 0. The average Bonchev–Trinajstić information content (AvgIpc) is 2.08. The van der Waals surface area contributed by atoms with Gasteiger partial charge in [0.15, 0.2) is 5.78 Å². The van der Waals surface area contributed by atoms with Gasteiger partial charge in [0.05, 0.1) is 0 Å². The lowest BCUT2D eigenvalue weighted by molar-refractivity contribution is 0.101. The molecule has 2 nitrogen and oxygen atoms in total. The second kappa shape index (κ2) is 3.90. The van der Waals surface area contributed by atoms with E-state index in [1.165, 1.54) is 6.92 Å². The van der Waals surface area contributed by atoms with E-state index in [-0.39, 0.29) is 11.5 Å². The van der Waals surface area contributed by atoms with Gasteiger partial charge in [0.1, 0.15) is 5.75 Å². The van der Waals surface area contributed by atoms with Crippen LogP contribution in [0, 0.1) is 0 Å². The third-order valence-corrected chi connectivity index (χ3v) is 1.80. The fourth-order valence-electron chi connectivity index (χ4n) is 1.20. The molecule has 0 bridgehead atoms. The second-order valence-electron chi connectivity index (χ2n) is 2.79. The minimum atomic E-state index is -0.0380. The van der Waals surface area contributed by atoms with Crippen molar-refractivity contribution in [1.82, 2.24) is 0 Å². The zero-order valence-electron chi connectivity index (χ0n) is 7.74. The van der Waals surface area contributed by atoms with Crippen molar-refractivity contribution in [2.24, 2.45) is 0 Å². The van der Waals surface area contributed by atoms with E-state index in [0.717, 1.165) is 0 Å². The molecule has 0 unspecified atom stereocenters. The van der Waals surface area contributed by atoms with Gasteiger partial charge in [-0.25, -0.2) is 0 Å². The first-order valence-electron chi connectivity index (χ1n) is 4.12. The Balaban J connectivity index is 3.33. The van der Waals surface area contributed by atoms with Crippen molar-refractivity contribution in [1.29, 1.82) is 0 Å². The van der Waals surface area contributed by atoms with Gasteiger partial charge in [-0.1, -0.05) is 24.3 Å². The Morgan fingerprint density at radius 2 is 2.15 bits per heavy atom. The summed E-state index contributed by atoms with van der Waals surface area (Å²) in [6.07, 6.45) is 3.52. The molecule has 1 rings (SSSR count). The first-order valence-corrected chi connectivity index (χ1v) is 4.12.